The van der Waals surface area contributed by atoms with E-state index in [-0.39, 0.29) is 12.6 Å². The minimum Gasteiger partial charge on any atom is -0.394 e. The molecule has 0 aliphatic carbocycles. The number of benzene rings is 1. The van der Waals surface area contributed by atoms with Crippen molar-refractivity contribution in [3.05, 3.63) is 24.3 Å². The molecule has 2 amide bonds. The van der Waals surface area contributed by atoms with Crippen molar-refractivity contribution in [2.24, 2.45) is 0 Å². The first-order valence-corrected chi connectivity index (χ1v) is 8.61. The van der Waals surface area contributed by atoms with Crippen molar-refractivity contribution in [1.82, 2.24) is 5.32 Å². The van der Waals surface area contributed by atoms with Crippen LogP contribution in [0, 0.1) is 0 Å². The predicted octanol–water partition coefficient (Wildman–Crippen LogP) is 3.35. The second kappa shape index (κ2) is 8.20. The highest BCUT2D eigenvalue weighted by atomic mass is 16.3. The summed E-state index contributed by atoms with van der Waals surface area (Å²) in [5, 5.41) is 15.3. The molecule has 3 N–H and O–H groups in total. The largest absolute Gasteiger partial charge is 0.394 e. The van der Waals surface area contributed by atoms with Crippen LogP contribution in [0.5, 0.6) is 0 Å². The van der Waals surface area contributed by atoms with E-state index in [0.29, 0.717) is 0 Å². The van der Waals surface area contributed by atoms with Gasteiger partial charge in [0.05, 0.1) is 12.1 Å². The van der Waals surface area contributed by atoms with Crippen molar-refractivity contribution < 1.29 is 9.90 Å². The van der Waals surface area contributed by atoms with Gasteiger partial charge in [0.15, 0.2) is 0 Å². The normalized spacial score (nSPS) is 17.4. The first-order chi connectivity index (χ1) is 11.1. The summed E-state index contributed by atoms with van der Waals surface area (Å²) in [6.45, 7) is 5.99. The number of carbonyl (C=O) groups is 1. The SMILES string of the molecule is CCCC(C)(CO)NC(=O)Nc1cccc(N2CCCCC2)c1. The molecule has 1 aromatic rings. The summed E-state index contributed by atoms with van der Waals surface area (Å²) in [5.41, 5.74) is 1.35. The third kappa shape index (κ3) is 5.13. The number of hydrogen-bond acceptors (Lipinski definition) is 3. The third-order valence-corrected chi connectivity index (χ3v) is 4.39. The zero-order valence-electron chi connectivity index (χ0n) is 14.3. The van der Waals surface area contributed by atoms with Crippen LogP contribution < -0.4 is 15.5 Å². The molecule has 1 aliphatic rings. The fraction of sp³-hybridized carbons (Fsp3) is 0.611. The molecular weight excluding hydrogens is 290 g/mol. The van der Waals surface area contributed by atoms with Crippen LogP contribution in [0.25, 0.3) is 0 Å². The van der Waals surface area contributed by atoms with E-state index >= 15 is 0 Å². The standard InChI is InChI=1S/C18H29N3O2/c1-3-10-18(2,14-22)20-17(23)19-15-8-7-9-16(13-15)21-11-5-4-6-12-21/h7-9,13,22H,3-6,10-12,14H2,1-2H3,(H2,19,20,23). The Morgan fingerprint density at radius 2 is 2.04 bits per heavy atom. The van der Waals surface area contributed by atoms with Crippen LogP contribution in [-0.2, 0) is 0 Å². The van der Waals surface area contributed by atoms with Crippen LogP contribution in [0.3, 0.4) is 0 Å². The summed E-state index contributed by atoms with van der Waals surface area (Å²) in [6.07, 6.45) is 5.40. The predicted molar refractivity (Wildman–Crippen MR) is 95.1 cm³/mol. The zero-order valence-corrected chi connectivity index (χ0v) is 14.3. The average molecular weight is 319 g/mol. The number of rotatable bonds is 6. The van der Waals surface area contributed by atoms with Gasteiger partial charge in [-0.3, -0.25) is 0 Å². The molecule has 0 spiro atoms. The van der Waals surface area contributed by atoms with Crippen LogP contribution in [0.4, 0.5) is 16.2 Å². The smallest absolute Gasteiger partial charge is 0.319 e. The quantitative estimate of drug-likeness (QED) is 0.753. The summed E-state index contributed by atoms with van der Waals surface area (Å²) in [7, 11) is 0. The van der Waals surface area contributed by atoms with Gasteiger partial charge in [-0.05, 0) is 50.8 Å². The summed E-state index contributed by atoms with van der Waals surface area (Å²) < 4.78 is 0. The van der Waals surface area contributed by atoms with Gasteiger partial charge in [0.25, 0.3) is 0 Å². The molecule has 1 atom stereocenters. The van der Waals surface area contributed by atoms with Crippen molar-refractivity contribution in [3.63, 3.8) is 0 Å². The number of nitrogens with one attached hydrogen (secondary N) is 2. The van der Waals surface area contributed by atoms with E-state index < -0.39 is 5.54 Å². The Morgan fingerprint density at radius 1 is 1.30 bits per heavy atom. The average Bonchev–Trinajstić information content (AvgIpc) is 2.56. The van der Waals surface area contributed by atoms with Gasteiger partial charge >= 0.3 is 6.03 Å². The number of anilines is 2. The second-order valence-corrected chi connectivity index (χ2v) is 6.65. The van der Waals surface area contributed by atoms with Crippen LogP contribution in [-0.4, -0.2) is 36.4 Å². The first kappa shape index (κ1) is 17.6. The number of piperidine rings is 1. The molecule has 0 bridgehead atoms. The number of nitrogens with zero attached hydrogens (tertiary/aromatic N) is 1. The summed E-state index contributed by atoms with van der Waals surface area (Å²) in [6, 6.07) is 7.69. The van der Waals surface area contributed by atoms with Gasteiger partial charge in [-0.1, -0.05) is 19.4 Å². The van der Waals surface area contributed by atoms with Crippen molar-refractivity contribution >= 4 is 17.4 Å². The van der Waals surface area contributed by atoms with Gasteiger partial charge in [0.2, 0.25) is 0 Å². The van der Waals surface area contributed by atoms with Crippen LogP contribution in [0.15, 0.2) is 24.3 Å². The maximum absolute atomic E-state index is 12.2. The monoisotopic (exact) mass is 319 g/mol. The lowest BCUT2D eigenvalue weighted by molar-refractivity contribution is 0.167. The lowest BCUT2D eigenvalue weighted by atomic mass is 9.98. The number of aliphatic hydroxyl groups excluding tert-OH is 1. The lowest BCUT2D eigenvalue weighted by Crippen LogP contribution is -2.50. The topological polar surface area (TPSA) is 64.6 Å². The molecule has 0 radical (unpaired) electrons. The van der Waals surface area contributed by atoms with E-state index in [0.717, 1.165) is 37.3 Å². The van der Waals surface area contributed by atoms with E-state index in [4.69, 9.17) is 0 Å². The molecule has 1 fully saturated rings. The Morgan fingerprint density at radius 3 is 2.70 bits per heavy atom. The Balaban J connectivity index is 1.98. The summed E-state index contributed by atoms with van der Waals surface area (Å²) in [5.74, 6) is 0. The highest BCUT2D eigenvalue weighted by molar-refractivity contribution is 5.90. The maximum Gasteiger partial charge on any atom is 0.319 e. The molecule has 2 rings (SSSR count). The van der Waals surface area contributed by atoms with Gasteiger partial charge in [-0.25, -0.2) is 4.79 Å². The van der Waals surface area contributed by atoms with Crippen molar-refractivity contribution in [1.29, 1.82) is 0 Å². The molecule has 5 heteroatoms. The molecule has 128 valence electrons. The van der Waals surface area contributed by atoms with E-state index in [1.165, 1.54) is 19.3 Å². The summed E-state index contributed by atoms with van der Waals surface area (Å²) in [4.78, 5) is 14.6. The Kier molecular flexibility index (Phi) is 6.28. The third-order valence-electron chi connectivity index (χ3n) is 4.39. The number of hydrogen-bond donors (Lipinski definition) is 3. The van der Waals surface area contributed by atoms with Crippen molar-refractivity contribution in [3.8, 4) is 0 Å². The van der Waals surface area contributed by atoms with E-state index in [1.807, 2.05) is 32.0 Å². The first-order valence-electron chi connectivity index (χ1n) is 8.61. The number of aliphatic hydroxyl groups is 1. The number of amides is 2. The molecular formula is C18H29N3O2. The summed E-state index contributed by atoms with van der Waals surface area (Å²) >= 11 is 0. The second-order valence-electron chi connectivity index (χ2n) is 6.65. The molecule has 1 heterocycles. The molecule has 23 heavy (non-hydrogen) atoms. The maximum atomic E-state index is 12.2. The molecule has 1 saturated heterocycles. The molecule has 0 saturated carbocycles. The minimum absolute atomic E-state index is 0.0674. The van der Waals surface area contributed by atoms with Gasteiger partial charge in [0.1, 0.15) is 0 Å². The van der Waals surface area contributed by atoms with Crippen LogP contribution >= 0.6 is 0 Å². The Hall–Kier alpha value is -1.75. The van der Waals surface area contributed by atoms with Crippen molar-refractivity contribution in [2.75, 3.05) is 29.9 Å². The fourth-order valence-electron chi connectivity index (χ4n) is 3.10. The van der Waals surface area contributed by atoms with Crippen LogP contribution in [0.2, 0.25) is 0 Å². The Labute approximate surface area is 139 Å². The fourth-order valence-corrected chi connectivity index (χ4v) is 3.10. The van der Waals surface area contributed by atoms with E-state index in [1.54, 1.807) is 0 Å². The van der Waals surface area contributed by atoms with Crippen LogP contribution in [0.1, 0.15) is 46.0 Å². The highest BCUT2D eigenvalue weighted by Crippen LogP contribution is 2.23. The molecule has 5 nitrogen and oxygen atoms in total. The van der Waals surface area contributed by atoms with E-state index in [2.05, 4.69) is 21.6 Å². The van der Waals surface area contributed by atoms with Gasteiger partial charge in [0, 0.05) is 24.5 Å². The lowest BCUT2D eigenvalue weighted by Gasteiger charge is -2.30. The molecule has 0 aromatic heterocycles. The minimum atomic E-state index is -0.580. The van der Waals surface area contributed by atoms with Gasteiger partial charge in [-0.15, -0.1) is 0 Å². The van der Waals surface area contributed by atoms with Crippen molar-refractivity contribution in [2.45, 2.75) is 51.5 Å². The Bertz CT molecular complexity index is 515. The number of carbonyl (C=O) groups excluding carboxylic acids is 1. The molecule has 1 aromatic carbocycles. The molecule has 1 unspecified atom stereocenters. The zero-order chi connectivity index (χ0) is 16.7. The molecule has 1 aliphatic heterocycles. The number of urea groups is 1. The highest BCUT2D eigenvalue weighted by Gasteiger charge is 2.24. The van der Waals surface area contributed by atoms with E-state index in [9.17, 15) is 9.90 Å². The van der Waals surface area contributed by atoms with Gasteiger partial charge in [-0.2, -0.15) is 0 Å². The van der Waals surface area contributed by atoms with Gasteiger partial charge < -0.3 is 20.6 Å².